The van der Waals surface area contributed by atoms with Gasteiger partial charge in [0.1, 0.15) is 16.9 Å². The summed E-state index contributed by atoms with van der Waals surface area (Å²) in [6.45, 7) is 4.81. The van der Waals surface area contributed by atoms with Gasteiger partial charge >= 0.3 is 0 Å². The Hall–Kier alpha value is -1.16. The maximum absolute atomic E-state index is 6.27. The van der Waals surface area contributed by atoms with Crippen molar-refractivity contribution in [3.05, 3.63) is 16.7 Å². The van der Waals surface area contributed by atoms with Gasteiger partial charge in [-0.05, 0) is 26.7 Å². The standard InChI is InChI=1S/C12H15ClN4/c1-3-17-10-9(7(2)16-17)14-12(15-11(10)13)8-5-4-6-8/h8H,3-6H2,1-2H3. The molecule has 2 heterocycles. The highest BCUT2D eigenvalue weighted by atomic mass is 35.5. The Balaban J connectivity index is 2.21. The van der Waals surface area contributed by atoms with Crippen LogP contribution in [0.2, 0.25) is 5.15 Å². The molecule has 0 amide bonds. The van der Waals surface area contributed by atoms with E-state index >= 15 is 0 Å². The van der Waals surface area contributed by atoms with Crippen LogP contribution in [0.15, 0.2) is 0 Å². The molecule has 1 saturated carbocycles. The molecule has 5 heteroatoms. The topological polar surface area (TPSA) is 43.6 Å². The van der Waals surface area contributed by atoms with Gasteiger partial charge in [-0.25, -0.2) is 9.97 Å². The molecule has 0 spiro atoms. The van der Waals surface area contributed by atoms with Crippen LogP contribution in [-0.2, 0) is 6.54 Å². The summed E-state index contributed by atoms with van der Waals surface area (Å²) in [4.78, 5) is 9.09. The minimum absolute atomic E-state index is 0.501. The first-order valence-corrected chi connectivity index (χ1v) is 6.49. The molecule has 17 heavy (non-hydrogen) atoms. The van der Waals surface area contributed by atoms with Gasteiger partial charge in [0, 0.05) is 12.5 Å². The fraction of sp³-hybridized carbons (Fsp3) is 0.583. The van der Waals surface area contributed by atoms with E-state index in [0.717, 1.165) is 29.1 Å². The molecule has 0 radical (unpaired) electrons. The summed E-state index contributed by atoms with van der Waals surface area (Å²) in [7, 11) is 0. The Morgan fingerprint density at radius 1 is 1.35 bits per heavy atom. The van der Waals surface area contributed by atoms with Crippen molar-refractivity contribution >= 4 is 22.6 Å². The third-order valence-corrected chi connectivity index (χ3v) is 3.76. The predicted octanol–water partition coefficient (Wildman–Crippen LogP) is 3.08. The zero-order valence-corrected chi connectivity index (χ0v) is 10.8. The van der Waals surface area contributed by atoms with Crippen molar-refractivity contribution in [1.29, 1.82) is 0 Å². The zero-order chi connectivity index (χ0) is 12.0. The van der Waals surface area contributed by atoms with E-state index in [1.54, 1.807) is 0 Å². The highest BCUT2D eigenvalue weighted by molar-refractivity contribution is 6.33. The lowest BCUT2D eigenvalue weighted by Crippen LogP contribution is -2.13. The summed E-state index contributed by atoms with van der Waals surface area (Å²) in [6.07, 6.45) is 3.64. The van der Waals surface area contributed by atoms with E-state index in [4.69, 9.17) is 11.6 Å². The zero-order valence-electron chi connectivity index (χ0n) is 10.1. The van der Waals surface area contributed by atoms with Crippen LogP contribution in [-0.4, -0.2) is 19.7 Å². The highest BCUT2D eigenvalue weighted by Crippen LogP contribution is 2.36. The van der Waals surface area contributed by atoms with Crippen LogP contribution in [0, 0.1) is 6.92 Å². The molecule has 90 valence electrons. The number of hydrogen-bond donors (Lipinski definition) is 0. The van der Waals surface area contributed by atoms with Crippen LogP contribution < -0.4 is 0 Å². The Bertz CT molecular complexity index is 571. The van der Waals surface area contributed by atoms with Gasteiger partial charge in [-0.3, -0.25) is 4.68 Å². The van der Waals surface area contributed by atoms with Gasteiger partial charge in [0.15, 0.2) is 5.15 Å². The normalized spacial score (nSPS) is 16.4. The summed E-state index contributed by atoms with van der Waals surface area (Å²) in [5.41, 5.74) is 2.72. The highest BCUT2D eigenvalue weighted by Gasteiger charge is 2.24. The van der Waals surface area contributed by atoms with Crippen molar-refractivity contribution < 1.29 is 0 Å². The Labute approximate surface area is 105 Å². The van der Waals surface area contributed by atoms with Crippen molar-refractivity contribution in [3.8, 4) is 0 Å². The third-order valence-electron chi connectivity index (χ3n) is 3.50. The van der Waals surface area contributed by atoms with E-state index in [1.165, 1.54) is 19.3 Å². The van der Waals surface area contributed by atoms with Crippen LogP contribution >= 0.6 is 11.6 Å². The molecule has 0 saturated heterocycles. The number of rotatable bonds is 2. The number of hydrogen-bond acceptors (Lipinski definition) is 3. The molecule has 0 N–H and O–H groups in total. The molecule has 0 bridgehead atoms. The summed E-state index contributed by atoms with van der Waals surface area (Å²) in [5, 5.41) is 4.98. The largest absolute Gasteiger partial charge is 0.260 e. The average molecular weight is 251 g/mol. The second-order valence-electron chi connectivity index (χ2n) is 4.60. The van der Waals surface area contributed by atoms with Gasteiger partial charge < -0.3 is 0 Å². The molecule has 2 aromatic rings. The Morgan fingerprint density at radius 3 is 2.71 bits per heavy atom. The molecule has 0 aliphatic heterocycles. The van der Waals surface area contributed by atoms with Crippen LogP contribution in [0.1, 0.15) is 43.6 Å². The van der Waals surface area contributed by atoms with E-state index in [9.17, 15) is 0 Å². The lowest BCUT2D eigenvalue weighted by atomic mass is 9.85. The van der Waals surface area contributed by atoms with E-state index < -0.39 is 0 Å². The number of aryl methyl sites for hydroxylation is 2. The van der Waals surface area contributed by atoms with Gasteiger partial charge in [0.05, 0.1) is 5.69 Å². The summed E-state index contributed by atoms with van der Waals surface area (Å²) >= 11 is 6.27. The van der Waals surface area contributed by atoms with Crippen molar-refractivity contribution in [2.75, 3.05) is 0 Å². The maximum atomic E-state index is 6.27. The third kappa shape index (κ3) is 1.62. The molecule has 1 aliphatic rings. The molecule has 3 rings (SSSR count). The smallest absolute Gasteiger partial charge is 0.158 e. The van der Waals surface area contributed by atoms with Gasteiger partial charge in [0.2, 0.25) is 0 Å². The number of nitrogens with zero attached hydrogens (tertiary/aromatic N) is 4. The molecule has 4 nitrogen and oxygen atoms in total. The Kier molecular flexibility index (Phi) is 2.54. The van der Waals surface area contributed by atoms with Crippen LogP contribution in [0.25, 0.3) is 11.0 Å². The Morgan fingerprint density at radius 2 is 2.12 bits per heavy atom. The lowest BCUT2D eigenvalue weighted by molar-refractivity contribution is 0.402. The average Bonchev–Trinajstić information content (AvgIpc) is 2.54. The molecule has 1 fully saturated rings. The van der Waals surface area contributed by atoms with E-state index in [0.29, 0.717) is 11.1 Å². The van der Waals surface area contributed by atoms with Crippen molar-refractivity contribution in [2.45, 2.75) is 45.6 Å². The SMILES string of the molecule is CCn1nc(C)c2nc(C3CCC3)nc(Cl)c21. The molecular weight excluding hydrogens is 236 g/mol. The predicted molar refractivity (Wildman–Crippen MR) is 67.3 cm³/mol. The fourth-order valence-corrected chi connectivity index (χ4v) is 2.55. The lowest BCUT2D eigenvalue weighted by Gasteiger charge is -2.23. The van der Waals surface area contributed by atoms with Gasteiger partial charge in [-0.2, -0.15) is 5.10 Å². The maximum Gasteiger partial charge on any atom is 0.158 e. The first kappa shape index (κ1) is 11.0. The molecule has 0 atom stereocenters. The number of aromatic nitrogens is 4. The first-order valence-electron chi connectivity index (χ1n) is 6.11. The monoisotopic (exact) mass is 250 g/mol. The molecule has 1 aliphatic carbocycles. The second kappa shape index (κ2) is 3.95. The van der Waals surface area contributed by atoms with E-state index in [2.05, 4.69) is 15.1 Å². The van der Waals surface area contributed by atoms with E-state index in [-0.39, 0.29) is 0 Å². The fourth-order valence-electron chi connectivity index (χ4n) is 2.28. The first-order chi connectivity index (χ1) is 8.20. The minimum Gasteiger partial charge on any atom is -0.260 e. The van der Waals surface area contributed by atoms with Gasteiger partial charge in [0.25, 0.3) is 0 Å². The molecule has 2 aromatic heterocycles. The van der Waals surface area contributed by atoms with E-state index in [1.807, 2.05) is 18.5 Å². The molecule has 0 aromatic carbocycles. The van der Waals surface area contributed by atoms with Crippen LogP contribution in [0.4, 0.5) is 0 Å². The van der Waals surface area contributed by atoms with Crippen molar-refractivity contribution in [3.63, 3.8) is 0 Å². The van der Waals surface area contributed by atoms with Gasteiger partial charge in [-0.15, -0.1) is 0 Å². The quantitative estimate of drug-likeness (QED) is 0.770. The van der Waals surface area contributed by atoms with Crippen LogP contribution in [0.3, 0.4) is 0 Å². The molecular formula is C12H15ClN4. The summed E-state index contributed by atoms with van der Waals surface area (Å²) < 4.78 is 1.87. The number of fused-ring (bicyclic) bond motifs is 1. The second-order valence-corrected chi connectivity index (χ2v) is 4.96. The summed E-state index contributed by atoms with van der Waals surface area (Å²) in [6, 6.07) is 0. The molecule has 0 unspecified atom stereocenters. The van der Waals surface area contributed by atoms with Crippen molar-refractivity contribution in [1.82, 2.24) is 19.7 Å². The van der Waals surface area contributed by atoms with Gasteiger partial charge in [-0.1, -0.05) is 18.0 Å². The summed E-state index contributed by atoms with van der Waals surface area (Å²) in [5.74, 6) is 1.40. The minimum atomic E-state index is 0.501. The van der Waals surface area contributed by atoms with Crippen LogP contribution in [0.5, 0.6) is 0 Å². The van der Waals surface area contributed by atoms with Crippen molar-refractivity contribution in [2.24, 2.45) is 0 Å². The number of halogens is 1.